The summed E-state index contributed by atoms with van der Waals surface area (Å²) in [5, 5.41) is 13.1. The fraction of sp³-hybridized carbons (Fsp3) is 0.591. The standard InChI is InChI=1S/C22H29N5O3S2/c1-5-19(29)27-7-6-26(12-16(27)10-23)21(30)17-9-18(14(3)8-13(17)2)31-20-11-24-22(32-20)25-15(4)28/h5,11,13-14,16-18H,1,6-9,12H2,2-4H3,(H,24,25,28)/t13?,14?,16-,17?,18?/m1/s1. The molecule has 172 valence electrons. The van der Waals surface area contributed by atoms with E-state index < -0.39 is 6.04 Å². The van der Waals surface area contributed by atoms with Gasteiger partial charge < -0.3 is 15.1 Å². The molecule has 3 rings (SSSR count). The summed E-state index contributed by atoms with van der Waals surface area (Å²) in [6, 6.07) is 1.51. The molecule has 1 aliphatic heterocycles. The zero-order chi connectivity index (χ0) is 23.4. The first-order valence-corrected chi connectivity index (χ1v) is 12.4. The van der Waals surface area contributed by atoms with E-state index in [1.807, 2.05) is 0 Å². The zero-order valence-corrected chi connectivity index (χ0v) is 20.2. The monoisotopic (exact) mass is 475 g/mol. The Morgan fingerprint density at radius 2 is 2.06 bits per heavy atom. The minimum atomic E-state index is -0.648. The summed E-state index contributed by atoms with van der Waals surface area (Å²) in [6.07, 6.45) is 4.69. The number of hydrogen-bond acceptors (Lipinski definition) is 7. The molecule has 10 heteroatoms. The molecule has 5 atom stereocenters. The van der Waals surface area contributed by atoms with E-state index in [1.54, 1.807) is 22.9 Å². The van der Waals surface area contributed by atoms with Crippen molar-refractivity contribution in [1.29, 1.82) is 5.26 Å². The van der Waals surface area contributed by atoms with Gasteiger partial charge >= 0.3 is 0 Å². The Morgan fingerprint density at radius 1 is 1.31 bits per heavy atom. The Kier molecular flexibility index (Phi) is 7.96. The second-order valence-corrected chi connectivity index (χ2v) is 11.1. The van der Waals surface area contributed by atoms with Gasteiger partial charge in [0.25, 0.3) is 0 Å². The van der Waals surface area contributed by atoms with Crippen molar-refractivity contribution in [2.24, 2.45) is 17.8 Å². The van der Waals surface area contributed by atoms with Crippen LogP contribution in [0.15, 0.2) is 23.1 Å². The minimum absolute atomic E-state index is 0.0733. The topological polar surface area (TPSA) is 106 Å². The van der Waals surface area contributed by atoms with Crippen LogP contribution in [0.3, 0.4) is 0 Å². The van der Waals surface area contributed by atoms with Crippen molar-refractivity contribution < 1.29 is 14.4 Å². The van der Waals surface area contributed by atoms with Crippen LogP contribution in [0.4, 0.5) is 5.13 Å². The van der Waals surface area contributed by atoms with Gasteiger partial charge in [0.05, 0.1) is 23.0 Å². The predicted molar refractivity (Wildman–Crippen MR) is 125 cm³/mol. The highest BCUT2D eigenvalue weighted by Crippen LogP contribution is 2.44. The second kappa shape index (κ2) is 10.5. The second-order valence-electron chi connectivity index (χ2n) is 8.52. The number of rotatable bonds is 5. The lowest BCUT2D eigenvalue weighted by atomic mass is 9.74. The summed E-state index contributed by atoms with van der Waals surface area (Å²) in [4.78, 5) is 44.2. The van der Waals surface area contributed by atoms with E-state index in [9.17, 15) is 19.6 Å². The van der Waals surface area contributed by atoms with Crippen molar-refractivity contribution in [2.75, 3.05) is 25.0 Å². The smallest absolute Gasteiger partial charge is 0.247 e. The fourth-order valence-corrected chi connectivity index (χ4v) is 6.96. The van der Waals surface area contributed by atoms with Crippen LogP contribution in [0, 0.1) is 29.1 Å². The average molecular weight is 476 g/mol. The van der Waals surface area contributed by atoms with Gasteiger partial charge in [-0.15, -0.1) is 11.8 Å². The molecule has 1 aromatic rings. The van der Waals surface area contributed by atoms with Gasteiger partial charge in [0, 0.05) is 31.2 Å². The number of nitrogens with zero attached hydrogens (tertiary/aromatic N) is 4. The highest BCUT2D eigenvalue weighted by atomic mass is 32.2. The molecule has 1 saturated heterocycles. The van der Waals surface area contributed by atoms with E-state index in [0.717, 1.165) is 17.1 Å². The van der Waals surface area contributed by atoms with Crippen molar-refractivity contribution in [3.8, 4) is 6.07 Å². The molecule has 32 heavy (non-hydrogen) atoms. The van der Waals surface area contributed by atoms with Crippen molar-refractivity contribution >= 4 is 46.0 Å². The highest BCUT2D eigenvalue weighted by molar-refractivity contribution is 8.01. The van der Waals surface area contributed by atoms with Gasteiger partial charge in [-0.2, -0.15) is 5.26 Å². The maximum atomic E-state index is 13.4. The average Bonchev–Trinajstić information content (AvgIpc) is 3.20. The molecule has 8 nitrogen and oxygen atoms in total. The maximum Gasteiger partial charge on any atom is 0.247 e. The summed E-state index contributed by atoms with van der Waals surface area (Å²) < 4.78 is 1.02. The Labute approximate surface area is 197 Å². The Bertz CT molecular complexity index is 927. The normalized spacial score (nSPS) is 28.0. The molecule has 2 fully saturated rings. The molecule has 1 aromatic heterocycles. The molecule has 0 spiro atoms. The number of aromatic nitrogens is 1. The molecule has 4 unspecified atom stereocenters. The van der Waals surface area contributed by atoms with Gasteiger partial charge in [-0.05, 0) is 30.8 Å². The number of thioether (sulfide) groups is 1. The lowest BCUT2D eigenvalue weighted by Crippen LogP contribution is -2.57. The van der Waals surface area contributed by atoms with Gasteiger partial charge in [-0.1, -0.05) is 31.8 Å². The highest BCUT2D eigenvalue weighted by Gasteiger charge is 2.41. The molecule has 1 saturated carbocycles. The van der Waals surface area contributed by atoms with Gasteiger partial charge in [0.15, 0.2) is 5.13 Å². The van der Waals surface area contributed by atoms with E-state index in [-0.39, 0.29) is 41.4 Å². The summed E-state index contributed by atoms with van der Waals surface area (Å²) >= 11 is 3.17. The minimum Gasteiger partial charge on any atom is -0.338 e. The van der Waals surface area contributed by atoms with Crippen LogP contribution in [0.2, 0.25) is 0 Å². The van der Waals surface area contributed by atoms with E-state index in [2.05, 4.69) is 36.8 Å². The number of hydrogen-bond donors (Lipinski definition) is 1. The number of piperazine rings is 1. The largest absolute Gasteiger partial charge is 0.338 e. The molecular weight excluding hydrogens is 446 g/mol. The SMILES string of the molecule is C=CC(=O)N1CCN(C(=O)C2CC(Sc3cnc(NC(C)=O)s3)C(C)CC2C)C[C@H]1C#N. The molecule has 0 aromatic carbocycles. The van der Waals surface area contributed by atoms with Crippen molar-refractivity contribution in [2.45, 2.75) is 49.1 Å². The van der Waals surface area contributed by atoms with Gasteiger partial charge in [-0.25, -0.2) is 4.98 Å². The van der Waals surface area contributed by atoms with Crippen molar-refractivity contribution in [1.82, 2.24) is 14.8 Å². The van der Waals surface area contributed by atoms with Crippen LogP contribution in [0.5, 0.6) is 0 Å². The summed E-state index contributed by atoms with van der Waals surface area (Å²) in [7, 11) is 0. The Hall–Kier alpha value is -2.38. The molecule has 0 bridgehead atoms. The van der Waals surface area contributed by atoms with Crippen LogP contribution in [-0.2, 0) is 14.4 Å². The number of carbonyl (C=O) groups is 3. The lowest BCUT2D eigenvalue weighted by Gasteiger charge is -2.43. The zero-order valence-electron chi connectivity index (χ0n) is 18.6. The Balaban J connectivity index is 1.66. The summed E-state index contributed by atoms with van der Waals surface area (Å²) in [5.74, 6) is 0.227. The first kappa shape index (κ1) is 24.3. The number of carbonyl (C=O) groups excluding carboxylic acids is 3. The quantitative estimate of drug-likeness (QED) is 0.656. The van der Waals surface area contributed by atoms with Gasteiger partial charge in [-0.3, -0.25) is 14.4 Å². The van der Waals surface area contributed by atoms with Gasteiger partial charge in [0.1, 0.15) is 6.04 Å². The number of amides is 3. The van der Waals surface area contributed by atoms with Crippen LogP contribution in [0.25, 0.3) is 0 Å². The van der Waals surface area contributed by atoms with Crippen molar-refractivity contribution in [3.63, 3.8) is 0 Å². The van der Waals surface area contributed by atoms with E-state index in [4.69, 9.17) is 0 Å². The third-order valence-corrected chi connectivity index (χ3v) is 8.75. The molecule has 2 heterocycles. The number of nitriles is 1. The van der Waals surface area contributed by atoms with Crippen LogP contribution < -0.4 is 5.32 Å². The van der Waals surface area contributed by atoms with E-state index >= 15 is 0 Å². The molecule has 1 N–H and O–H groups in total. The molecular formula is C22H29N5O3S2. The fourth-order valence-electron chi connectivity index (χ4n) is 4.51. The van der Waals surface area contributed by atoms with Gasteiger partial charge in [0.2, 0.25) is 17.7 Å². The van der Waals surface area contributed by atoms with Crippen LogP contribution >= 0.6 is 23.1 Å². The molecule has 3 amide bonds. The molecule has 2 aliphatic rings. The van der Waals surface area contributed by atoms with Crippen LogP contribution in [0.1, 0.15) is 33.6 Å². The number of nitrogens with one attached hydrogen (secondary N) is 1. The Morgan fingerprint density at radius 3 is 2.72 bits per heavy atom. The first-order valence-electron chi connectivity index (χ1n) is 10.7. The summed E-state index contributed by atoms with van der Waals surface area (Å²) in [6.45, 7) is 10.3. The predicted octanol–water partition coefficient (Wildman–Crippen LogP) is 2.99. The lowest BCUT2D eigenvalue weighted by molar-refractivity contribution is -0.144. The van der Waals surface area contributed by atoms with Crippen molar-refractivity contribution in [3.05, 3.63) is 18.9 Å². The maximum absolute atomic E-state index is 13.4. The molecule has 0 radical (unpaired) electrons. The van der Waals surface area contributed by atoms with E-state index in [1.165, 1.54) is 29.2 Å². The van der Waals surface area contributed by atoms with Crippen LogP contribution in [-0.4, -0.2) is 63.4 Å². The van der Waals surface area contributed by atoms with E-state index in [0.29, 0.717) is 24.1 Å². The summed E-state index contributed by atoms with van der Waals surface area (Å²) in [5.41, 5.74) is 0. The third kappa shape index (κ3) is 5.51. The third-order valence-electron chi connectivity index (χ3n) is 6.20. The first-order chi connectivity index (χ1) is 15.2. The molecule has 1 aliphatic carbocycles. The number of anilines is 1. The number of thiazole rings is 1.